The molecule has 3 heteroatoms. The van der Waals surface area contributed by atoms with Crippen LogP contribution in [0.5, 0.6) is 0 Å². The Morgan fingerprint density at radius 3 is 2.00 bits per heavy atom. The first kappa shape index (κ1) is 27.9. The predicted molar refractivity (Wildman–Crippen MR) is 210 cm³/mol. The molecule has 2 aromatic heterocycles. The minimum atomic E-state index is 0.883. The van der Waals surface area contributed by atoms with Crippen molar-refractivity contribution >= 4 is 81.3 Å². The molecule has 8 aromatic carbocycles. The first-order valence-electron chi connectivity index (χ1n) is 16.6. The molecule has 0 N–H and O–H groups in total. The average molecular weight is 644 g/mol. The van der Waals surface area contributed by atoms with E-state index in [9.17, 15) is 0 Å². The van der Waals surface area contributed by atoms with Crippen LogP contribution in [-0.2, 0) is 0 Å². The van der Waals surface area contributed by atoms with Crippen LogP contribution in [0.1, 0.15) is 0 Å². The summed E-state index contributed by atoms with van der Waals surface area (Å²) in [7, 11) is 0. The van der Waals surface area contributed by atoms with E-state index < -0.39 is 0 Å². The maximum absolute atomic E-state index is 6.70. The normalized spacial score (nSPS) is 11.7. The van der Waals surface area contributed by atoms with Crippen LogP contribution in [0, 0.1) is 0 Å². The molecule has 230 valence electrons. The first-order chi connectivity index (χ1) is 24.3. The van der Waals surface area contributed by atoms with E-state index in [4.69, 9.17) is 4.42 Å². The monoisotopic (exact) mass is 643 g/mol. The summed E-state index contributed by atoms with van der Waals surface area (Å²) in [6.45, 7) is 0. The SMILES string of the molecule is c1ccc(-c2ccc(N(c3ccc(-c4ccc5ccccc5c4)cc3)c3ccc4c(c3)sc3ccccc34)c3c2oc2ccccc23)cc1. The summed E-state index contributed by atoms with van der Waals surface area (Å²) in [5, 5.41) is 7.29. The van der Waals surface area contributed by atoms with E-state index in [0.717, 1.165) is 50.1 Å². The standard InChI is InChI=1S/C46H29NOS/c1-2-11-32(12-3-1)37-26-27-41(45-40-15-6-8-16-42(40)48-46(37)45)47(36-24-25-39-38-14-7-9-17-43(38)49-44(39)29-36)35-22-20-31(21-23-35)34-19-18-30-10-4-5-13-33(30)28-34/h1-29H. The number of fused-ring (bicyclic) bond motifs is 7. The van der Waals surface area contributed by atoms with E-state index in [1.54, 1.807) is 0 Å². The third kappa shape index (κ3) is 4.62. The highest BCUT2D eigenvalue weighted by Crippen LogP contribution is 2.47. The second-order valence-corrected chi connectivity index (χ2v) is 13.6. The highest BCUT2D eigenvalue weighted by Gasteiger charge is 2.22. The van der Waals surface area contributed by atoms with E-state index >= 15 is 0 Å². The molecule has 10 aromatic rings. The Labute approximate surface area is 287 Å². The molecule has 0 amide bonds. The molecule has 0 saturated heterocycles. The summed E-state index contributed by atoms with van der Waals surface area (Å²) in [5.41, 5.74) is 9.67. The average Bonchev–Trinajstić information content (AvgIpc) is 3.74. The molecule has 10 rings (SSSR count). The van der Waals surface area contributed by atoms with Gasteiger partial charge in [0.05, 0.1) is 11.1 Å². The number of thiophene rings is 1. The van der Waals surface area contributed by atoms with Gasteiger partial charge in [0, 0.05) is 42.5 Å². The maximum atomic E-state index is 6.70. The number of para-hydroxylation sites is 1. The lowest BCUT2D eigenvalue weighted by atomic mass is 9.99. The maximum Gasteiger partial charge on any atom is 0.145 e. The van der Waals surface area contributed by atoms with E-state index in [-0.39, 0.29) is 0 Å². The number of rotatable bonds is 5. The van der Waals surface area contributed by atoms with Gasteiger partial charge in [-0.05, 0) is 82.1 Å². The summed E-state index contributed by atoms with van der Waals surface area (Å²) in [6.07, 6.45) is 0. The van der Waals surface area contributed by atoms with E-state index in [1.165, 1.54) is 42.1 Å². The summed E-state index contributed by atoms with van der Waals surface area (Å²) in [5.74, 6) is 0. The molecule has 0 fully saturated rings. The van der Waals surface area contributed by atoms with Gasteiger partial charge in [0.15, 0.2) is 0 Å². The van der Waals surface area contributed by atoms with Crippen LogP contribution >= 0.6 is 11.3 Å². The second kappa shape index (κ2) is 11.2. The summed E-state index contributed by atoms with van der Waals surface area (Å²) in [4.78, 5) is 2.40. The smallest absolute Gasteiger partial charge is 0.145 e. The molecule has 2 nitrogen and oxygen atoms in total. The lowest BCUT2D eigenvalue weighted by molar-refractivity contribution is 0.670. The molecule has 0 unspecified atom stereocenters. The number of hydrogen-bond acceptors (Lipinski definition) is 3. The van der Waals surface area contributed by atoms with Gasteiger partial charge in [-0.25, -0.2) is 0 Å². The van der Waals surface area contributed by atoms with Crippen LogP contribution in [0.3, 0.4) is 0 Å². The molecule has 0 atom stereocenters. The van der Waals surface area contributed by atoms with Crippen LogP contribution in [0.15, 0.2) is 180 Å². The van der Waals surface area contributed by atoms with Crippen LogP contribution in [0.25, 0.3) is 75.1 Å². The van der Waals surface area contributed by atoms with E-state index in [0.29, 0.717) is 0 Å². The van der Waals surface area contributed by atoms with Crippen LogP contribution < -0.4 is 4.90 Å². The Balaban J connectivity index is 1.20. The van der Waals surface area contributed by atoms with Gasteiger partial charge in [0.1, 0.15) is 11.2 Å². The van der Waals surface area contributed by atoms with Crippen molar-refractivity contribution in [1.29, 1.82) is 0 Å². The lowest BCUT2D eigenvalue weighted by Crippen LogP contribution is -2.10. The molecule has 0 saturated carbocycles. The van der Waals surface area contributed by atoms with Crippen molar-refractivity contribution in [1.82, 2.24) is 0 Å². The molecule has 0 spiro atoms. The molecule has 0 aliphatic rings. The molecule has 0 aliphatic carbocycles. The molecule has 49 heavy (non-hydrogen) atoms. The molecular weight excluding hydrogens is 615 g/mol. The van der Waals surface area contributed by atoms with E-state index in [2.05, 4.69) is 175 Å². The summed E-state index contributed by atoms with van der Waals surface area (Å²) < 4.78 is 9.27. The number of benzene rings is 8. The Bertz CT molecular complexity index is 2830. The van der Waals surface area contributed by atoms with Crippen molar-refractivity contribution in [2.24, 2.45) is 0 Å². The van der Waals surface area contributed by atoms with Gasteiger partial charge in [-0.3, -0.25) is 0 Å². The minimum Gasteiger partial charge on any atom is -0.455 e. The van der Waals surface area contributed by atoms with Crippen LogP contribution in [0.4, 0.5) is 17.1 Å². The van der Waals surface area contributed by atoms with Gasteiger partial charge in [0.2, 0.25) is 0 Å². The second-order valence-electron chi connectivity index (χ2n) is 12.5. The Hall–Kier alpha value is -6.16. The highest BCUT2D eigenvalue weighted by atomic mass is 32.1. The lowest BCUT2D eigenvalue weighted by Gasteiger charge is -2.27. The zero-order chi connectivity index (χ0) is 32.3. The van der Waals surface area contributed by atoms with Crippen molar-refractivity contribution in [3.8, 4) is 22.3 Å². The van der Waals surface area contributed by atoms with Crippen molar-refractivity contribution < 1.29 is 4.42 Å². The van der Waals surface area contributed by atoms with Gasteiger partial charge in [-0.15, -0.1) is 11.3 Å². The molecule has 0 radical (unpaired) electrons. The van der Waals surface area contributed by atoms with Gasteiger partial charge in [0.25, 0.3) is 0 Å². The summed E-state index contributed by atoms with van der Waals surface area (Å²) >= 11 is 1.85. The number of nitrogens with zero attached hydrogens (tertiary/aromatic N) is 1. The van der Waals surface area contributed by atoms with Crippen molar-refractivity contribution in [3.63, 3.8) is 0 Å². The predicted octanol–water partition coefficient (Wildman–Crippen LogP) is 13.9. The van der Waals surface area contributed by atoms with Crippen molar-refractivity contribution in [2.45, 2.75) is 0 Å². The third-order valence-corrected chi connectivity index (χ3v) is 10.8. The highest BCUT2D eigenvalue weighted by molar-refractivity contribution is 7.25. The van der Waals surface area contributed by atoms with Gasteiger partial charge in [-0.1, -0.05) is 121 Å². The molecular formula is C46H29NOS. The van der Waals surface area contributed by atoms with Gasteiger partial charge in [-0.2, -0.15) is 0 Å². The van der Waals surface area contributed by atoms with Crippen LogP contribution in [-0.4, -0.2) is 0 Å². The van der Waals surface area contributed by atoms with Crippen molar-refractivity contribution in [3.05, 3.63) is 176 Å². The topological polar surface area (TPSA) is 16.4 Å². The number of anilines is 3. The number of furan rings is 1. The van der Waals surface area contributed by atoms with Gasteiger partial charge >= 0.3 is 0 Å². The Morgan fingerprint density at radius 2 is 1.12 bits per heavy atom. The largest absolute Gasteiger partial charge is 0.455 e. The summed E-state index contributed by atoms with van der Waals surface area (Å²) in [6, 6.07) is 63.2. The third-order valence-electron chi connectivity index (χ3n) is 9.66. The van der Waals surface area contributed by atoms with E-state index in [1.807, 2.05) is 17.4 Å². The van der Waals surface area contributed by atoms with Crippen molar-refractivity contribution in [2.75, 3.05) is 4.90 Å². The fourth-order valence-electron chi connectivity index (χ4n) is 7.29. The quantitative estimate of drug-likeness (QED) is 0.186. The van der Waals surface area contributed by atoms with Gasteiger partial charge < -0.3 is 9.32 Å². The fraction of sp³-hybridized carbons (Fsp3) is 0. The van der Waals surface area contributed by atoms with Crippen LogP contribution in [0.2, 0.25) is 0 Å². The molecule has 2 heterocycles. The molecule has 0 aliphatic heterocycles. The first-order valence-corrected chi connectivity index (χ1v) is 17.4. The molecule has 0 bridgehead atoms. The minimum absolute atomic E-state index is 0.883. The fourth-order valence-corrected chi connectivity index (χ4v) is 8.43. The zero-order valence-corrected chi connectivity index (χ0v) is 27.3. The Kier molecular flexibility index (Phi) is 6.39. The zero-order valence-electron chi connectivity index (χ0n) is 26.5. The Morgan fingerprint density at radius 1 is 0.429 bits per heavy atom. The number of hydrogen-bond donors (Lipinski definition) is 0.